The maximum Gasteiger partial charge on any atom is 0.284 e. The Hall–Kier alpha value is -5.12. The van der Waals surface area contributed by atoms with E-state index < -0.39 is 73.3 Å². The van der Waals surface area contributed by atoms with E-state index in [1.54, 1.807) is 0 Å². The number of rotatable bonds is 24. The highest BCUT2D eigenvalue weighted by Gasteiger charge is 2.69. The van der Waals surface area contributed by atoms with Gasteiger partial charge in [0.1, 0.15) is 61.0 Å². The molecule has 6 aromatic carbocycles. The molecule has 6 aromatic rings. The molecule has 5 aliphatic rings. The number of hydrogen-bond donors (Lipinski definition) is 0. The Balaban J connectivity index is 1.02. The summed E-state index contributed by atoms with van der Waals surface area (Å²) >= 11 is 0. The van der Waals surface area contributed by atoms with Gasteiger partial charge < -0.3 is 52.1 Å². The summed E-state index contributed by atoms with van der Waals surface area (Å²) in [7, 11) is 0. The molecule has 11 rings (SSSR count). The lowest BCUT2D eigenvalue weighted by Gasteiger charge is -2.63. The van der Waals surface area contributed by atoms with E-state index in [9.17, 15) is 0 Å². The van der Waals surface area contributed by atoms with Crippen molar-refractivity contribution in [3.05, 3.63) is 215 Å². The summed E-state index contributed by atoms with van der Waals surface area (Å²) in [6.45, 7) is 4.21. The van der Waals surface area contributed by atoms with Crippen molar-refractivity contribution in [3.63, 3.8) is 0 Å². The summed E-state index contributed by atoms with van der Waals surface area (Å²) < 4.78 is 77.0. The molecule has 1 aliphatic carbocycles. The number of ether oxygens (including phenoxy) is 11. The average molecular weight is 949 g/mol. The zero-order valence-electron chi connectivity index (χ0n) is 39.7. The molecule has 4 heterocycles. The molecule has 4 bridgehead atoms. The predicted octanol–water partition coefficient (Wildman–Crippen LogP) is 10.3. The van der Waals surface area contributed by atoms with Crippen molar-refractivity contribution in [2.24, 2.45) is 0 Å². The van der Waals surface area contributed by atoms with E-state index in [0.717, 1.165) is 46.2 Å². The van der Waals surface area contributed by atoms with Crippen molar-refractivity contribution in [1.29, 1.82) is 0 Å². The molecule has 1 saturated carbocycles. The molecular formula is C59H64O11. The van der Waals surface area contributed by atoms with Crippen LogP contribution in [-0.4, -0.2) is 79.9 Å². The van der Waals surface area contributed by atoms with Gasteiger partial charge in [-0.15, -0.1) is 0 Å². The second-order valence-corrected chi connectivity index (χ2v) is 18.5. The molecule has 0 spiro atoms. The van der Waals surface area contributed by atoms with E-state index in [1.807, 2.05) is 133 Å². The fraction of sp³-hybridized carbons (Fsp3) is 0.390. The van der Waals surface area contributed by atoms with Crippen LogP contribution in [0.15, 0.2) is 182 Å². The minimum atomic E-state index is -1.29. The highest BCUT2D eigenvalue weighted by molar-refractivity contribution is 5.19. The molecule has 0 amide bonds. The third kappa shape index (κ3) is 12.0. The smallest absolute Gasteiger partial charge is 0.284 e. The van der Waals surface area contributed by atoms with Crippen molar-refractivity contribution in [2.75, 3.05) is 6.61 Å². The molecule has 4 saturated heterocycles. The highest BCUT2D eigenvalue weighted by Crippen LogP contribution is 2.51. The van der Waals surface area contributed by atoms with Crippen molar-refractivity contribution < 1.29 is 52.1 Å². The van der Waals surface area contributed by atoms with Gasteiger partial charge in [0.25, 0.3) is 5.97 Å². The summed E-state index contributed by atoms with van der Waals surface area (Å²) in [4.78, 5) is 0. The lowest BCUT2D eigenvalue weighted by Crippen LogP contribution is -2.80. The molecule has 11 heteroatoms. The molecule has 11 nitrogen and oxygen atoms in total. The van der Waals surface area contributed by atoms with E-state index >= 15 is 0 Å². The molecule has 0 N–H and O–H groups in total. The fourth-order valence-electron chi connectivity index (χ4n) is 9.88. The largest absolute Gasteiger partial charge is 0.374 e. The quantitative estimate of drug-likeness (QED) is 0.0580. The third-order valence-corrected chi connectivity index (χ3v) is 13.4. The maximum atomic E-state index is 7.47. The van der Waals surface area contributed by atoms with Crippen LogP contribution in [0, 0.1) is 0 Å². The molecule has 366 valence electrons. The molecule has 70 heavy (non-hydrogen) atoms. The van der Waals surface area contributed by atoms with Gasteiger partial charge in [-0.3, -0.25) is 0 Å². The zero-order valence-corrected chi connectivity index (χ0v) is 39.7. The second-order valence-electron chi connectivity index (χ2n) is 18.5. The number of benzene rings is 6. The molecule has 5 fully saturated rings. The zero-order chi connectivity index (χ0) is 47.4. The van der Waals surface area contributed by atoms with Gasteiger partial charge >= 0.3 is 0 Å². The lowest BCUT2D eigenvalue weighted by atomic mass is 9.80. The van der Waals surface area contributed by atoms with Crippen molar-refractivity contribution in [3.8, 4) is 0 Å². The van der Waals surface area contributed by atoms with Crippen LogP contribution in [0.1, 0.15) is 59.6 Å². The topological polar surface area (TPSA) is 102 Å². The van der Waals surface area contributed by atoms with E-state index in [4.69, 9.17) is 52.1 Å². The molecular weight excluding hydrogens is 885 g/mol. The van der Waals surface area contributed by atoms with Crippen LogP contribution >= 0.6 is 0 Å². The van der Waals surface area contributed by atoms with Crippen LogP contribution < -0.4 is 0 Å². The normalized spacial score (nSPS) is 29.0. The van der Waals surface area contributed by atoms with Gasteiger partial charge in [0.15, 0.2) is 6.29 Å². The first-order valence-electron chi connectivity index (χ1n) is 24.8. The first kappa shape index (κ1) is 48.5. The van der Waals surface area contributed by atoms with Crippen molar-refractivity contribution in [1.82, 2.24) is 0 Å². The van der Waals surface area contributed by atoms with E-state index in [-0.39, 0.29) is 19.8 Å². The minimum Gasteiger partial charge on any atom is -0.374 e. The second kappa shape index (κ2) is 23.9. The summed E-state index contributed by atoms with van der Waals surface area (Å²) in [6.07, 6.45) is -5.28. The number of hydrogen-bond acceptors (Lipinski definition) is 11. The Kier molecular flexibility index (Phi) is 16.5. The summed E-state index contributed by atoms with van der Waals surface area (Å²) in [5, 5.41) is 0. The van der Waals surface area contributed by atoms with Crippen LogP contribution in [0.25, 0.3) is 0 Å². The lowest BCUT2D eigenvalue weighted by molar-refractivity contribution is -0.549. The number of unbranched alkanes of at least 4 members (excludes halogenated alkanes) is 1. The van der Waals surface area contributed by atoms with Crippen LogP contribution in [0.4, 0.5) is 0 Å². The van der Waals surface area contributed by atoms with Gasteiger partial charge in [-0.1, -0.05) is 195 Å². The van der Waals surface area contributed by atoms with Gasteiger partial charge in [-0.05, 0) is 39.8 Å². The van der Waals surface area contributed by atoms with E-state index in [1.165, 1.54) is 0 Å². The van der Waals surface area contributed by atoms with Crippen molar-refractivity contribution >= 4 is 0 Å². The SMILES string of the molecule is CCCCC12OC3[C@@H](OCc4ccccc4)[C@H](O1)C(OC1O[C@H](COCc4ccccc4)[C@@H](OCc4ccccc4)[C@H](OCc4ccccc4)[C@@H]1OCc1ccccc1)[C@H](O2)[C@@H]3OCc1ccccc1. The molecule has 4 unspecified atom stereocenters. The van der Waals surface area contributed by atoms with Gasteiger partial charge in [-0.25, -0.2) is 0 Å². The monoisotopic (exact) mass is 948 g/mol. The van der Waals surface area contributed by atoms with Crippen molar-refractivity contribution in [2.45, 2.75) is 139 Å². The first-order valence-corrected chi connectivity index (χ1v) is 24.8. The Labute approximate surface area is 411 Å². The van der Waals surface area contributed by atoms with Gasteiger partial charge in [0.05, 0.1) is 46.2 Å². The predicted molar refractivity (Wildman–Crippen MR) is 262 cm³/mol. The Morgan fingerprint density at radius 2 is 0.729 bits per heavy atom. The summed E-state index contributed by atoms with van der Waals surface area (Å²) in [5.74, 6) is -1.29. The standard InChI is InChI=1S/C59H64O11/c1-2-3-34-59-68-54-51(63-38-45-28-16-7-17-29-45)55(69-59)53(56(70-59)52(54)64-39-46-30-18-8-19-31-46)67-58-57(65-40-47-32-20-9-21-33-47)50(62-37-44-26-14-6-15-27-44)49(61-36-43-24-12-5-13-25-43)48(66-58)41-60-35-42-22-10-4-11-23-42/h4-33,48-58H,2-3,34-41H2,1H3/t48-,49-,50+,51-,52-,53?,54?,55-,56+,57+,58?,59?/m1/s1. The molecule has 12 atom stereocenters. The Bertz CT molecular complexity index is 2370. The minimum absolute atomic E-state index is 0.178. The fourth-order valence-corrected chi connectivity index (χ4v) is 9.88. The first-order chi connectivity index (χ1) is 34.6. The Morgan fingerprint density at radius 3 is 1.13 bits per heavy atom. The highest BCUT2D eigenvalue weighted by atomic mass is 16.9. The van der Waals surface area contributed by atoms with E-state index in [2.05, 4.69) is 55.5 Å². The summed E-state index contributed by atoms with van der Waals surface area (Å²) in [5.41, 5.74) is 6.09. The molecule has 4 aliphatic heterocycles. The summed E-state index contributed by atoms with van der Waals surface area (Å²) in [6, 6.07) is 60.7. The van der Waals surface area contributed by atoms with Gasteiger partial charge in [-0.2, -0.15) is 0 Å². The van der Waals surface area contributed by atoms with Crippen LogP contribution in [0.2, 0.25) is 0 Å². The molecule has 0 radical (unpaired) electrons. The third-order valence-electron chi connectivity index (χ3n) is 13.4. The average Bonchev–Trinajstić information content (AvgIpc) is 3.41. The van der Waals surface area contributed by atoms with Gasteiger partial charge in [0, 0.05) is 6.42 Å². The van der Waals surface area contributed by atoms with Crippen LogP contribution in [0.5, 0.6) is 0 Å². The van der Waals surface area contributed by atoms with Gasteiger partial charge in [0.2, 0.25) is 0 Å². The Morgan fingerprint density at radius 1 is 0.386 bits per heavy atom. The maximum absolute atomic E-state index is 7.47. The van der Waals surface area contributed by atoms with Crippen LogP contribution in [0.3, 0.4) is 0 Å². The van der Waals surface area contributed by atoms with Crippen LogP contribution in [-0.2, 0) is 91.7 Å². The van der Waals surface area contributed by atoms with E-state index in [0.29, 0.717) is 32.8 Å². The molecule has 0 aromatic heterocycles.